The van der Waals surface area contributed by atoms with Crippen LogP contribution in [0, 0.1) is 5.82 Å². The largest absolute Gasteiger partial charge is 0.399 e. The van der Waals surface area contributed by atoms with E-state index in [9.17, 15) is 9.18 Å². The highest BCUT2D eigenvalue weighted by atomic mass is 19.1. The van der Waals surface area contributed by atoms with Crippen LogP contribution in [0.4, 0.5) is 10.1 Å². The van der Waals surface area contributed by atoms with Gasteiger partial charge in [0.15, 0.2) is 5.78 Å². The molecule has 2 aromatic rings. The monoisotopic (exact) mass is 258 g/mol. The first kappa shape index (κ1) is 13.2. The second-order valence-electron chi connectivity index (χ2n) is 4.28. The zero-order chi connectivity index (χ0) is 13.7. The van der Waals surface area contributed by atoms with Crippen LogP contribution < -0.4 is 11.1 Å². The summed E-state index contributed by atoms with van der Waals surface area (Å²) in [6.45, 7) is 0.766. The molecule has 0 amide bonds. The lowest BCUT2D eigenvalue weighted by molar-refractivity contribution is 0.0991. The third kappa shape index (κ3) is 3.89. The number of rotatable bonds is 5. The average molecular weight is 258 g/mol. The summed E-state index contributed by atoms with van der Waals surface area (Å²) in [4.78, 5) is 11.8. The summed E-state index contributed by atoms with van der Waals surface area (Å²) >= 11 is 0. The zero-order valence-corrected chi connectivity index (χ0v) is 10.4. The molecule has 0 atom stereocenters. The molecule has 0 saturated heterocycles. The molecule has 3 nitrogen and oxygen atoms in total. The molecule has 0 bridgehead atoms. The number of halogens is 1. The van der Waals surface area contributed by atoms with Crippen molar-refractivity contribution >= 4 is 11.5 Å². The van der Waals surface area contributed by atoms with Gasteiger partial charge < -0.3 is 11.1 Å². The summed E-state index contributed by atoms with van der Waals surface area (Å²) in [5.74, 6) is -0.260. The van der Waals surface area contributed by atoms with Gasteiger partial charge in [0.05, 0.1) is 6.54 Å². The minimum Gasteiger partial charge on any atom is -0.399 e. The van der Waals surface area contributed by atoms with Crippen molar-refractivity contribution in [3.8, 4) is 0 Å². The Balaban J connectivity index is 1.84. The molecule has 2 rings (SSSR count). The van der Waals surface area contributed by atoms with Gasteiger partial charge in [-0.05, 0) is 42.0 Å². The van der Waals surface area contributed by atoms with E-state index in [4.69, 9.17) is 5.73 Å². The van der Waals surface area contributed by atoms with Gasteiger partial charge in [-0.3, -0.25) is 4.79 Å². The van der Waals surface area contributed by atoms with Gasteiger partial charge in [0.1, 0.15) is 5.82 Å². The second-order valence-corrected chi connectivity index (χ2v) is 4.28. The molecule has 0 aliphatic rings. The van der Waals surface area contributed by atoms with Crippen molar-refractivity contribution in [1.29, 1.82) is 0 Å². The quantitative estimate of drug-likeness (QED) is 0.639. The van der Waals surface area contributed by atoms with E-state index in [1.165, 1.54) is 12.1 Å². The lowest BCUT2D eigenvalue weighted by atomic mass is 10.1. The lowest BCUT2D eigenvalue weighted by Gasteiger charge is -2.05. The highest BCUT2D eigenvalue weighted by Gasteiger charge is 2.04. The van der Waals surface area contributed by atoms with Gasteiger partial charge in [-0.25, -0.2) is 4.39 Å². The van der Waals surface area contributed by atoms with Crippen LogP contribution in [0.3, 0.4) is 0 Å². The van der Waals surface area contributed by atoms with E-state index in [0.29, 0.717) is 17.8 Å². The molecule has 0 unspecified atom stereocenters. The van der Waals surface area contributed by atoms with E-state index in [1.54, 1.807) is 36.4 Å². The van der Waals surface area contributed by atoms with Crippen molar-refractivity contribution in [2.45, 2.75) is 6.54 Å². The molecule has 0 saturated carbocycles. The van der Waals surface area contributed by atoms with Crippen LogP contribution in [0.15, 0.2) is 48.5 Å². The maximum Gasteiger partial charge on any atom is 0.176 e. The van der Waals surface area contributed by atoms with Crippen LogP contribution in [0.25, 0.3) is 0 Å². The fourth-order valence-corrected chi connectivity index (χ4v) is 1.69. The third-order valence-corrected chi connectivity index (χ3v) is 2.76. The summed E-state index contributed by atoms with van der Waals surface area (Å²) in [6, 6.07) is 13.0. The Morgan fingerprint density at radius 3 is 2.32 bits per heavy atom. The van der Waals surface area contributed by atoms with Crippen molar-refractivity contribution in [2.75, 3.05) is 12.3 Å². The van der Waals surface area contributed by atoms with E-state index >= 15 is 0 Å². The fraction of sp³-hybridized carbons (Fsp3) is 0.133. The third-order valence-electron chi connectivity index (χ3n) is 2.76. The number of Topliss-reactive ketones (excluding diaryl/α,β-unsaturated/α-hetero) is 1. The van der Waals surface area contributed by atoms with Gasteiger partial charge in [-0.1, -0.05) is 12.1 Å². The Hall–Kier alpha value is -2.20. The first-order valence-electron chi connectivity index (χ1n) is 5.99. The SMILES string of the molecule is Nc1ccc(C(=O)CNCc2ccc(F)cc2)cc1. The first-order valence-corrected chi connectivity index (χ1v) is 5.99. The Labute approximate surface area is 111 Å². The van der Waals surface area contributed by atoms with Crippen LogP contribution >= 0.6 is 0 Å². The van der Waals surface area contributed by atoms with Gasteiger partial charge in [0.2, 0.25) is 0 Å². The van der Waals surface area contributed by atoms with E-state index in [1.807, 2.05) is 0 Å². The maximum absolute atomic E-state index is 12.7. The maximum atomic E-state index is 12.7. The van der Waals surface area contributed by atoms with Crippen LogP contribution in [0.5, 0.6) is 0 Å². The Morgan fingerprint density at radius 2 is 1.68 bits per heavy atom. The minimum atomic E-state index is -0.262. The van der Waals surface area contributed by atoms with Crippen molar-refractivity contribution in [1.82, 2.24) is 5.32 Å². The van der Waals surface area contributed by atoms with Crippen molar-refractivity contribution < 1.29 is 9.18 Å². The molecule has 0 aliphatic carbocycles. The molecule has 3 N–H and O–H groups in total. The number of nitrogen functional groups attached to an aromatic ring is 1. The van der Waals surface area contributed by atoms with Crippen LogP contribution in [-0.4, -0.2) is 12.3 Å². The summed E-state index contributed by atoms with van der Waals surface area (Å²) in [7, 11) is 0. The molecule has 98 valence electrons. The Morgan fingerprint density at radius 1 is 1.05 bits per heavy atom. The number of carbonyl (C=O) groups excluding carboxylic acids is 1. The van der Waals surface area contributed by atoms with Crippen molar-refractivity contribution in [2.24, 2.45) is 0 Å². The topological polar surface area (TPSA) is 55.1 Å². The number of nitrogens with two attached hydrogens (primary N) is 1. The van der Waals surface area contributed by atoms with Crippen LogP contribution in [0.1, 0.15) is 15.9 Å². The zero-order valence-electron chi connectivity index (χ0n) is 10.4. The summed E-state index contributed by atoms with van der Waals surface area (Å²) in [5, 5.41) is 3.03. The highest BCUT2D eigenvalue weighted by Crippen LogP contribution is 2.06. The van der Waals surface area contributed by atoms with Gasteiger partial charge in [-0.15, -0.1) is 0 Å². The molecule has 0 aromatic heterocycles. The molecular formula is C15H15FN2O. The van der Waals surface area contributed by atoms with Gasteiger partial charge in [0, 0.05) is 17.8 Å². The normalized spacial score (nSPS) is 10.4. The van der Waals surface area contributed by atoms with Crippen molar-refractivity contribution in [3.63, 3.8) is 0 Å². The predicted octanol–water partition coefficient (Wildman–Crippen LogP) is 2.38. The van der Waals surface area contributed by atoms with Gasteiger partial charge >= 0.3 is 0 Å². The predicted molar refractivity (Wildman–Crippen MR) is 73.3 cm³/mol. The molecule has 19 heavy (non-hydrogen) atoms. The number of hydrogen-bond donors (Lipinski definition) is 2. The molecule has 0 aliphatic heterocycles. The summed E-state index contributed by atoms with van der Waals surface area (Å²) in [6.07, 6.45) is 0. The van der Waals surface area contributed by atoms with Crippen molar-refractivity contribution in [3.05, 3.63) is 65.5 Å². The average Bonchev–Trinajstić information content (AvgIpc) is 2.41. The van der Waals surface area contributed by atoms with Crippen LogP contribution in [-0.2, 0) is 6.54 Å². The number of hydrogen-bond acceptors (Lipinski definition) is 3. The smallest absolute Gasteiger partial charge is 0.176 e. The minimum absolute atomic E-state index is 0.00196. The molecule has 2 aromatic carbocycles. The van der Waals surface area contributed by atoms with E-state index in [-0.39, 0.29) is 18.1 Å². The summed E-state index contributed by atoms with van der Waals surface area (Å²) < 4.78 is 12.7. The number of carbonyl (C=O) groups is 1. The van der Waals surface area contributed by atoms with E-state index in [0.717, 1.165) is 5.56 Å². The molecule has 0 spiro atoms. The number of anilines is 1. The van der Waals surface area contributed by atoms with E-state index in [2.05, 4.69) is 5.32 Å². The molecule has 4 heteroatoms. The van der Waals surface area contributed by atoms with Gasteiger partial charge in [0.25, 0.3) is 0 Å². The first-order chi connectivity index (χ1) is 9.15. The summed E-state index contributed by atoms with van der Waals surface area (Å²) in [5.41, 5.74) is 7.75. The molecule has 0 fully saturated rings. The lowest BCUT2D eigenvalue weighted by Crippen LogP contribution is -2.22. The number of nitrogens with one attached hydrogen (secondary N) is 1. The fourth-order valence-electron chi connectivity index (χ4n) is 1.69. The second kappa shape index (κ2) is 6.11. The molecule has 0 heterocycles. The number of ketones is 1. The molecular weight excluding hydrogens is 243 g/mol. The van der Waals surface area contributed by atoms with E-state index < -0.39 is 0 Å². The Kier molecular flexibility index (Phi) is 4.26. The standard InChI is InChI=1S/C15H15FN2O/c16-13-5-1-11(2-6-13)9-18-10-15(19)12-3-7-14(17)8-4-12/h1-8,18H,9-10,17H2. The highest BCUT2D eigenvalue weighted by molar-refractivity contribution is 5.97. The number of benzene rings is 2. The molecule has 0 radical (unpaired) electrons. The van der Waals surface area contributed by atoms with Crippen LogP contribution in [0.2, 0.25) is 0 Å². The Bertz CT molecular complexity index is 549. The van der Waals surface area contributed by atoms with Gasteiger partial charge in [-0.2, -0.15) is 0 Å².